The van der Waals surface area contributed by atoms with Gasteiger partial charge < -0.3 is 5.11 Å². The minimum atomic E-state index is -0.683. The summed E-state index contributed by atoms with van der Waals surface area (Å²) in [6.07, 6.45) is 3.70. The standard InChI is InChI=1S/C15H29NO2/c1-6-16(10-12(3)14(17)18)13-7-8-15(4,5)9-11(13)2/h11-13H,6-10H2,1-5H3,(H,17,18). The second-order valence-corrected chi connectivity index (χ2v) is 6.78. The largest absolute Gasteiger partial charge is 0.481 e. The topological polar surface area (TPSA) is 40.5 Å². The van der Waals surface area contributed by atoms with Gasteiger partial charge in [0, 0.05) is 12.6 Å². The van der Waals surface area contributed by atoms with Gasteiger partial charge in [0.2, 0.25) is 0 Å². The molecule has 0 aliphatic heterocycles. The van der Waals surface area contributed by atoms with E-state index in [0.717, 1.165) is 6.54 Å². The number of carboxylic acid groups (broad SMARTS) is 1. The Kier molecular flexibility index (Phi) is 5.20. The summed E-state index contributed by atoms with van der Waals surface area (Å²) in [5.74, 6) is -0.293. The van der Waals surface area contributed by atoms with Gasteiger partial charge in [-0.25, -0.2) is 0 Å². The third-order valence-corrected chi connectivity index (χ3v) is 4.45. The molecule has 3 nitrogen and oxygen atoms in total. The number of hydrogen-bond acceptors (Lipinski definition) is 2. The van der Waals surface area contributed by atoms with Gasteiger partial charge in [-0.15, -0.1) is 0 Å². The molecule has 0 saturated heterocycles. The molecule has 0 aromatic rings. The van der Waals surface area contributed by atoms with Crippen molar-refractivity contribution in [3.63, 3.8) is 0 Å². The number of carbonyl (C=O) groups is 1. The smallest absolute Gasteiger partial charge is 0.307 e. The lowest BCUT2D eigenvalue weighted by atomic mass is 9.70. The van der Waals surface area contributed by atoms with Crippen molar-refractivity contribution in [2.45, 2.75) is 59.9 Å². The maximum atomic E-state index is 11.0. The molecule has 1 fully saturated rings. The zero-order valence-corrected chi connectivity index (χ0v) is 12.6. The van der Waals surface area contributed by atoms with E-state index >= 15 is 0 Å². The van der Waals surface area contributed by atoms with Crippen LogP contribution in [0, 0.1) is 17.3 Å². The maximum absolute atomic E-state index is 11.0. The number of rotatable bonds is 5. The molecule has 0 bridgehead atoms. The van der Waals surface area contributed by atoms with Gasteiger partial charge in [-0.05, 0) is 37.1 Å². The fourth-order valence-electron chi connectivity index (χ4n) is 3.40. The van der Waals surface area contributed by atoms with Crippen LogP contribution in [0.2, 0.25) is 0 Å². The van der Waals surface area contributed by atoms with Gasteiger partial charge in [-0.3, -0.25) is 9.69 Å². The molecule has 3 atom stereocenters. The molecule has 0 heterocycles. The van der Waals surface area contributed by atoms with Gasteiger partial charge >= 0.3 is 5.97 Å². The summed E-state index contributed by atoms with van der Waals surface area (Å²) in [4.78, 5) is 13.4. The zero-order valence-electron chi connectivity index (χ0n) is 12.6. The molecule has 0 aromatic carbocycles. The lowest BCUT2D eigenvalue weighted by Crippen LogP contribution is -2.47. The maximum Gasteiger partial charge on any atom is 0.307 e. The van der Waals surface area contributed by atoms with Crippen molar-refractivity contribution in [2.24, 2.45) is 17.3 Å². The number of aliphatic carboxylic acids is 1. The molecule has 18 heavy (non-hydrogen) atoms. The molecule has 1 aliphatic rings. The molecule has 1 rings (SSSR count). The molecule has 1 saturated carbocycles. The fraction of sp³-hybridized carbons (Fsp3) is 0.933. The molecule has 0 radical (unpaired) electrons. The van der Waals surface area contributed by atoms with Crippen LogP contribution in [0.25, 0.3) is 0 Å². The van der Waals surface area contributed by atoms with Crippen molar-refractivity contribution in [2.75, 3.05) is 13.1 Å². The van der Waals surface area contributed by atoms with Crippen molar-refractivity contribution in [3.05, 3.63) is 0 Å². The van der Waals surface area contributed by atoms with E-state index in [4.69, 9.17) is 5.11 Å². The van der Waals surface area contributed by atoms with E-state index < -0.39 is 5.97 Å². The first-order valence-electron chi connectivity index (χ1n) is 7.23. The van der Waals surface area contributed by atoms with Gasteiger partial charge in [0.25, 0.3) is 0 Å². The first kappa shape index (κ1) is 15.5. The Morgan fingerprint density at radius 3 is 2.56 bits per heavy atom. The van der Waals surface area contributed by atoms with E-state index in [9.17, 15) is 4.79 Å². The minimum absolute atomic E-state index is 0.271. The summed E-state index contributed by atoms with van der Waals surface area (Å²) in [6, 6.07) is 0.560. The highest BCUT2D eigenvalue weighted by Gasteiger charge is 2.35. The van der Waals surface area contributed by atoms with E-state index in [0.29, 0.717) is 23.9 Å². The van der Waals surface area contributed by atoms with E-state index in [1.807, 2.05) is 6.92 Å². The van der Waals surface area contributed by atoms with Gasteiger partial charge in [0.15, 0.2) is 0 Å². The third kappa shape index (κ3) is 3.98. The molecule has 0 aromatic heterocycles. The molecule has 3 heteroatoms. The summed E-state index contributed by atoms with van der Waals surface area (Å²) in [5.41, 5.74) is 0.452. The molecular formula is C15H29NO2. The van der Waals surface area contributed by atoms with Gasteiger partial charge in [0.05, 0.1) is 5.92 Å². The Morgan fingerprint density at radius 1 is 1.50 bits per heavy atom. The van der Waals surface area contributed by atoms with Crippen LogP contribution in [-0.2, 0) is 4.79 Å². The highest BCUT2D eigenvalue weighted by Crippen LogP contribution is 2.40. The predicted molar refractivity (Wildman–Crippen MR) is 74.6 cm³/mol. The van der Waals surface area contributed by atoms with Crippen LogP contribution in [-0.4, -0.2) is 35.1 Å². The van der Waals surface area contributed by atoms with Crippen molar-refractivity contribution < 1.29 is 9.90 Å². The van der Waals surface area contributed by atoms with Crippen LogP contribution in [0.1, 0.15) is 53.9 Å². The molecular weight excluding hydrogens is 226 g/mol. The third-order valence-electron chi connectivity index (χ3n) is 4.45. The molecule has 1 N–H and O–H groups in total. The van der Waals surface area contributed by atoms with E-state index in [1.54, 1.807) is 0 Å². The van der Waals surface area contributed by atoms with Crippen LogP contribution in [0.3, 0.4) is 0 Å². The zero-order chi connectivity index (χ0) is 13.9. The molecule has 106 valence electrons. The average Bonchev–Trinajstić information content (AvgIpc) is 2.25. The monoisotopic (exact) mass is 255 g/mol. The van der Waals surface area contributed by atoms with Crippen LogP contribution in [0.15, 0.2) is 0 Å². The lowest BCUT2D eigenvalue weighted by Gasteiger charge is -2.44. The van der Waals surface area contributed by atoms with Crippen molar-refractivity contribution in [3.8, 4) is 0 Å². The first-order valence-corrected chi connectivity index (χ1v) is 7.23. The normalized spacial score (nSPS) is 29.2. The summed E-state index contributed by atoms with van der Waals surface area (Å²) in [6.45, 7) is 12.6. The fourth-order valence-corrected chi connectivity index (χ4v) is 3.40. The molecule has 0 amide bonds. The summed E-state index contributed by atoms with van der Waals surface area (Å²) >= 11 is 0. The van der Waals surface area contributed by atoms with Gasteiger partial charge in [0.1, 0.15) is 0 Å². The van der Waals surface area contributed by atoms with E-state index in [1.165, 1.54) is 19.3 Å². The lowest BCUT2D eigenvalue weighted by molar-refractivity contribution is -0.142. The summed E-state index contributed by atoms with van der Waals surface area (Å²) in [7, 11) is 0. The number of hydrogen-bond donors (Lipinski definition) is 1. The molecule has 1 aliphatic carbocycles. The van der Waals surface area contributed by atoms with E-state index in [-0.39, 0.29) is 5.92 Å². The summed E-state index contributed by atoms with van der Waals surface area (Å²) in [5, 5.41) is 9.05. The average molecular weight is 255 g/mol. The Balaban J connectivity index is 2.63. The second-order valence-electron chi connectivity index (χ2n) is 6.78. The Morgan fingerprint density at radius 2 is 2.11 bits per heavy atom. The van der Waals surface area contributed by atoms with Gasteiger partial charge in [-0.2, -0.15) is 0 Å². The Hall–Kier alpha value is -0.570. The highest BCUT2D eigenvalue weighted by molar-refractivity contribution is 5.69. The Labute approximate surface area is 112 Å². The summed E-state index contributed by atoms with van der Waals surface area (Å²) < 4.78 is 0. The second kappa shape index (κ2) is 6.05. The number of carboxylic acids is 1. The predicted octanol–water partition coefficient (Wildman–Crippen LogP) is 3.24. The van der Waals surface area contributed by atoms with Crippen molar-refractivity contribution in [1.82, 2.24) is 4.90 Å². The molecule has 0 spiro atoms. The SMILES string of the molecule is CCN(CC(C)C(=O)O)C1CCC(C)(C)CC1C. The highest BCUT2D eigenvalue weighted by atomic mass is 16.4. The first-order chi connectivity index (χ1) is 8.26. The quantitative estimate of drug-likeness (QED) is 0.820. The Bertz CT molecular complexity index is 288. The van der Waals surface area contributed by atoms with Crippen molar-refractivity contribution >= 4 is 5.97 Å². The van der Waals surface area contributed by atoms with Crippen LogP contribution >= 0.6 is 0 Å². The molecule has 3 unspecified atom stereocenters. The van der Waals surface area contributed by atoms with Crippen LogP contribution in [0.5, 0.6) is 0 Å². The van der Waals surface area contributed by atoms with Gasteiger partial charge in [-0.1, -0.05) is 34.6 Å². The number of nitrogens with zero attached hydrogens (tertiary/aromatic N) is 1. The van der Waals surface area contributed by atoms with Crippen molar-refractivity contribution in [1.29, 1.82) is 0 Å². The van der Waals surface area contributed by atoms with E-state index in [2.05, 4.69) is 32.6 Å². The minimum Gasteiger partial charge on any atom is -0.481 e. The van der Waals surface area contributed by atoms with Crippen LogP contribution in [0.4, 0.5) is 0 Å². The van der Waals surface area contributed by atoms with Crippen LogP contribution < -0.4 is 0 Å².